The summed E-state index contributed by atoms with van der Waals surface area (Å²) < 4.78 is 6.43. The molecular weight excluding hydrogens is 328 g/mol. The number of ether oxygens (including phenoxy) is 1. The Bertz CT molecular complexity index is 801. The molecule has 0 radical (unpaired) electrons. The van der Waals surface area contributed by atoms with Gasteiger partial charge in [-0.1, -0.05) is 44.2 Å². The van der Waals surface area contributed by atoms with Gasteiger partial charge in [-0.3, -0.25) is 4.79 Å². The highest BCUT2D eigenvalue weighted by Crippen LogP contribution is 2.72. The standard InChI is InChI=1S/C22H28O4/c1-8-12(2)18-21(6)11-13(3)16-20(5,10-9-15(23)24)17(25)14(4)19(26-18)22(16,21)7/h8-11,16,18-19H,4H2,1-3,5-7H3,(H,23,24)/b10-9-,12-8+/t16-,18+,19+,20+,21+,22-/m1/s1. The number of aliphatic carboxylic acids is 1. The maximum Gasteiger partial charge on any atom is 0.328 e. The Balaban J connectivity index is 2.25. The Morgan fingerprint density at radius 1 is 1.35 bits per heavy atom. The van der Waals surface area contributed by atoms with Crippen LogP contribution in [0.5, 0.6) is 0 Å². The molecule has 1 heterocycles. The van der Waals surface area contributed by atoms with Gasteiger partial charge in [-0.05, 0) is 33.3 Å². The van der Waals surface area contributed by atoms with Crippen molar-refractivity contribution >= 4 is 11.8 Å². The third-order valence-electron chi connectivity index (χ3n) is 7.24. The molecule has 0 bridgehead atoms. The third-order valence-corrected chi connectivity index (χ3v) is 7.24. The van der Waals surface area contributed by atoms with Crippen molar-refractivity contribution < 1.29 is 19.4 Å². The van der Waals surface area contributed by atoms with E-state index >= 15 is 0 Å². The SMILES string of the molecule is C=C1C(=O)[C@@](C)(/C=C\C(=O)O)[C@H]2C(C)=C[C@@]3(C)[C@H](/C(C)=C/C)O[C@@H]1[C@@]23C. The second-order valence-electron chi connectivity index (χ2n) is 8.62. The minimum Gasteiger partial charge on any atom is -0.478 e. The molecule has 2 aliphatic carbocycles. The van der Waals surface area contributed by atoms with Gasteiger partial charge < -0.3 is 9.84 Å². The van der Waals surface area contributed by atoms with Crippen LogP contribution >= 0.6 is 0 Å². The molecule has 6 atom stereocenters. The smallest absolute Gasteiger partial charge is 0.328 e. The molecule has 3 rings (SSSR count). The van der Waals surface area contributed by atoms with Crippen molar-refractivity contribution in [1.82, 2.24) is 0 Å². The number of ketones is 1. The zero-order chi connectivity index (χ0) is 19.7. The second kappa shape index (κ2) is 5.53. The molecule has 1 N–H and O–H groups in total. The van der Waals surface area contributed by atoms with Crippen molar-refractivity contribution in [2.45, 2.75) is 53.8 Å². The van der Waals surface area contributed by atoms with E-state index in [2.05, 4.69) is 39.5 Å². The van der Waals surface area contributed by atoms with Gasteiger partial charge in [-0.15, -0.1) is 0 Å². The summed E-state index contributed by atoms with van der Waals surface area (Å²) in [6, 6.07) is 0. The monoisotopic (exact) mass is 356 g/mol. The molecule has 4 nitrogen and oxygen atoms in total. The van der Waals surface area contributed by atoms with E-state index < -0.39 is 11.4 Å². The highest BCUT2D eigenvalue weighted by atomic mass is 16.5. The summed E-state index contributed by atoms with van der Waals surface area (Å²) in [4.78, 5) is 24.4. The van der Waals surface area contributed by atoms with Crippen molar-refractivity contribution in [2.24, 2.45) is 22.2 Å². The fourth-order valence-corrected chi connectivity index (χ4v) is 5.99. The lowest BCUT2D eigenvalue weighted by molar-refractivity contribution is -0.134. The number of allylic oxidation sites excluding steroid dienone is 3. The van der Waals surface area contributed by atoms with Crippen LogP contribution in [0, 0.1) is 22.2 Å². The summed E-state index contributed by atoms with van der Waals surface area (Å²) in [5.74, 6) is -1.31. The molecule has 0 aromatic rings. The molecule has 1 saturated carbocycles. The molecule has 0 spiro atoms. The second-order valence-corrected chi connectivity index (χ2v) is 8.62. The van der Waals surface area contributed by atoms with E-state index in [9.17, 15) is 9.59 Å². The molecule has 140 valence electrons. The van der Waals surface area contributed by atoms with Gasteiger partial charge in [0.15, 0.2) is 5.78 Å². The fraction of sp³-hybridized carbons (Fsp3) is 0.545. The van der Waals surface area contributed by atoms with E-state index in [1.807, 2.05) is 20.8 Å². The highest BCUT2D eigenvalue weighted by Gasteiger charge is 2.73. The zero-order valence-corrected chi connectivity index (χ0v) is 16.4. The minimum absolute atomic E-state index is 0.127. The number of carbonyl (C=O) groups is 2. The number of carbonyl (C=O) groups excluding carboxylic acids is 1. The molecule has 0 amide bonds. The molecule has 26 heavy (non-hydrogen) atoms. The summed E-state index contributed by atoms with van der Waals surface area (Å²) >= 11 is 0. The van der Waals surface area contributed by atoms with E-state index in [1.165, 1.54) is 0 Å². The first-order chi connectivity index (χ1) is 11.9. The molecule has 0 aromatic heterocycles. The lowest BCUT2D eigenvalue weighted by Gasteiger charge is -2.53. The van der Waals surface area contributed by atoms with Crippen LogP contribution in [0.3, 0.4) is 0 Å². The number of Topliss-reactive ketones (excluding diaryl/α,β-unsaturated/α-hetero) is 1. The van der Waals surface area contributed by atoms with E-state index in [1.54, 1.807) is 6.08 Å². The Labute approximate surface area is 155 Å². The van der Waals surface area contributed by atoms with Crippen molar-refractivity contribution in [2.75, 3.05) is 0 Å². The van der Waals surface area contributed by atoms with Crippen molar-refractivity contribution in [3.63, 3.8) is 0 Å². The molecular formula is C22H28O4. The topological polar surface area (TPSA) is 63.6 Å². The Hall–Kier alpha value is -1.94. The average molecular weight is 356 g/mol. The molecule has 1 aliphatic heterocycles. The molecule has 1 saturated heterocycles. The van der Waals surface area contributed by atoms with E-state index in [0.717, 1.165) is 17.2 Å². The number of hydrogen-bond acceptors (Lipinski definition) is 3. The van der Waals surface area contributed by atoms with Gasteiger partial charge in [0.1, 0.15) is 0 Å². The van der Waals surface area contributed by atoms with E-state index in [4.69, 9.17) is 9.84 Å². The summed E-state index contributed by atoms with van der Waals surface area (Å²) in [5, 5.41) is 9.13. The van der Waals surface area contributed by atoms with Gasteiger partial charge in [0.05, 0.1) is 17.6 Å². The maximum absolute atomic E-state index is 13.3. The first-order valence-corrected chi connectivity index (χ1v) is 9.08. The van der Waals surface area contributed by atoms with Gasteiger partial charge in [0.2, 0.25) is 0 Å². The maximum atomic E-state index is 13.3. The molecule has 0 unspecified atom stereocenters. The summed E-state index contributed by atoms with van der Waals surface area (Å²) in [6.07, 6.45) is 6.44. The van der Waals surface area contributed by atoms with Crippen LogP contribution in [-0.2, 0) is 14.3 Å². The number of rotatable bonds is 3. The van der Waals surface area contributed by atoms with Crippen LogP contribution in [0.25, 0.3) is 0 Å². The molecule has 2 fully saturated rings. The molecule has 3 aliphatic rings. The van der Waals surface area contributed by atoms with Crippen molar-refractivity contribution in [3.05, 3.63) is 47.6 Å². The lowest BCUT2D eigenvalue weighted by atomic mass is 9.48. The van der Waals surface area contributed by atoms with Crippen molar-refractivity contribution in [1.29, 1.82) is 0 Å². The third kappa shape index (κ3) is 1.99. The number of carboxylic acid groups (broad SMARTS) is 1. The quantitative estimate of drug-likeness (QED) is 0.611. The van der Waals surface area contributed by atoms with Gasteiger partial charge in [0, 0.05) is 28.4 Å². The van der Waals surface area contributed by atoms with Crippen LogP contribution < -0.4 is 0 Å². The first-order valence-electron chi connectivity index (χ1n) is 9.08. The summed E-state index contributed by atoms with van der Waals surface area (Å²) in [5.41, 5.74) is 1.11. The van der Waals surface area contributed by atoms with Crippen LogP contribution in [0.15, 0.2) is 47.6 Å². The average Bonchev–Trinajstić information content (AvgIpc) is 2.91. The summed E-state index contributed by atoms with van der Waals surface area (Å²) in [6.45, 7) is 16.4. The number of hydrogen-bond donors (Lipinski definition) is 1. The van der Waals surface area contributed by atoms with Crippen LogP contribution in [0.4, 0.5) is 0 Å². The fourth-order valence-electron chi connectivity index (χ4n) is 5.99. The molecule has 4 heteroatoms. The van der Waals surface area contributed by atoms with Gasteiger partial charge in [-0.25, -0.2) is 4.79 Å². The molecule has 0 aromatic carbocycles. The number of carboxylic acids is 1. The van der Waals surface area contributed by atoms with E-state index in [0.29, 0.717) is 5.57 Å². The van der Waals surface area contributed by atoms with Crippen LogP contribution in [0.1, 0.15) is 41.5 Å². The largest absolute Gasteiger partial charge is 0.478 e. The van der Waals surface area contributed by atoms with Gasteiger partial charge in [0.25, 0.3) is 0 Å². The van der Waals surface area contributed by atoms with Gasteiger partial charge >= 0.3 is 5.97 Å². The predicted molar refractivity (Wildman–Crippen MR) is 101 cm³/mol. The van der Waals surface area contributed by atoms with Crippen LogP contribution in [-0.4, -0.2) is 29.1 Å². The van der Waals surface area contributed by atoms with Gasteiger partial charge in [-0.2, -0.15) is 0 Å². The summed E-state index contributed by atoms with van der Waals surface area (Å²) in [7, 11) is 0. The van der Waals surface area contributed by atoms with Crippen LogP contribution in [0.2, 0.25) is 0 Å². The predicted octanol–water partition coefficient (Wildman–Crippen LogP) is 4.09. The van der Waals surface area contributed by atoms with Crippen molar-refractivity contribution in [3.8, 4) is 0 Å². The zero-order valence-electron chi connectivity index (χ0n) is 16.4. The highest BCUT2D eigenvalue weighted by molar-refractivity contribution is 6.04. The lowest BCUT2D eigenvalue weighted by Crippen LogP contribution is -2.57. The minimum atomic E-state index is -1.05. The normalized spacial score (nSPS) is 45.2. The Kier molecular flexibility index (Phi) is 4.00. The Morgan fingerprint density at radius 2 is 1.96 bits per heavy atom. The Morgan fingerprint density at radius 3 is 2.50 bits per heavy atom. The van der Waals surface area contributed by atoms with E-state index in [-0.39, 0.29) is 34.7 Å². The first kappa shape index (κ1) is 18.8.